The number of hydrogen-bond donors (Lipinski definition) is 1. The standard InChI is InChI=1S/C15H20N4O/c1-3-18(4-2)19-10-11-8-14(20)17-9-13(11)12-6-5-7-16-15(12)19/h5-7H,3-4,8-10H2,1-2H3,(H,17,20). The second-order valence-electron chi connectivity index (χ2n) is 5.11. The van der Waals surface area contributed by atoms with Crippen LogP contribution in [0, 0.1) is 0 Å². The first-order chi connectivity index (χ1) is 9.74. The molecule has 0 aromatic carbocycles. The summed E-state index contributed by atoms with van der Waals surface area (Å²) in [5.74, 6) is 1.13. The molecule has 20 heavy (non-hydrogen) atoms. The number of hydrogen-bond acceptors (Lipinski definition) is 4. The Labute approximate surface area is 119 Å². The lowest BCUT2D eigenvalue weighted by Crippen LogP contribution is -2.48. The minimum absolute atomic E-state index is 0.121. The smallest absolute Gasteiger partial charge is 0.224 e. The van der Waals surface area contributed by atoms with Gasteiger partial charge in [0.15, 0.2) is 5.82 Å². The highest BCUT2D eigenvalue weighted by Gasteiger charge is 2.31. The molecule has 5 heteroatoms. The van der Waals surface area contributed by atoms with E-state index in [1.807, 2.05) is 12.3 Å². The molecule has 5 nitrogen and oxygen atoms in total. The number of nitrogens with one attached hydrogen (secondary N) is 1. The average molecular weight is 272 g/mol. The van der Waals surface area contributed by atoms with E-state index in [4.69, 9.17) is 0 Å². The lowest BCUT2D eigenvalue weighted by Gasteiger charge is -2.40. The number of pyridine rings is 1. The Morgan fingerprint density at radius 3 is 2.95 bits per heavy atom. The van der Waals surface area contributed by atoms with Crippen molar-refractivity contribution in [1.82, 2.24) is 15.3 Å². The first-order valence-electron chi connectivity index (χ1n) is 7.20. The van der Waals surface area contributed by atoms with Gasteiger partial charge < -0.3 is 5.32 Å². The van der Waals surface area contributed by atoms with Gasteiger partial charge in [-0.2, -0.15) is 0 Å². The van der Waals surface area contributed by atoms with Gasteiger partial charge in [-0.25, -0.2) is 9.99 Å². The van der Waals surface area contributed by atoms with Crippen molar-refractivity contribution in [3.8, 4) is 0 Å². The van der Waals surface area contributed by atoms with Crippen LogP contribution in [0.4, 0.5) is 5.82 Å². The Balaban J connectivity index is 2.06. The summed E-state index contributed by atoms with van der Waals surface area (Å²) in [6.45, 7) is 7.54. The normalized spacial score (nSPS) is 17.9. The van der Waals surface area contributed by atoms with E-state index in [0.717, 1.165) is 31.0 Å². The number of anilines is 1. The second kappa shape index (κ2) is 5.25. The molecule has 2 aliphatic heterocycles. The molecule has 0 saturated carbocycles. The number of rotatable bonds is 3. The lowest BCUT2D eigenvalue weighted by atomic mass is 9.92. The molecule has 0 spiro atoms. The predicted molar refractivity (Wildman–Crippen MR) is 79.1 cm³/mol. The maximum absolute atomic E-state index is 11.7. The number of fused-ring (bicyclic) bond motifs is 2. The number of carbonyl (C=O) groups is 1. The summed E-state index contributed by atoms with van der Waals surface area (Å²) in [6.07, 6.45) is 2.34. The van der Waals surface area contributed by atoms with Crippen LogP contribution in [0.2, 0.25) is 0 Å². The number of nitrogens with zero attached hydrogens (tertiary/aromatic N) is 3. The van der Waals surface area contributed by atoms with Crippen molar-refractivity contribution in [2.75, 3.05) is 31.2 Å². The zero-order chi connectivity index (χ0) is 14.1. The van der Waals surface area contributed by atoms with Crippen LogP contribution < -0.4 is 10.3 Å². The molecule has 2 aliphatic rings. The Hall–Kier alpha value is -1.88. The first-order valence-corrected chi connectivity index (χ1v) is 7.20. The highest BCUT2D eigenvalue weighted by molar-refractivity contribution is 5.91. The summed E-state index contributed by atoms with van der Waals surface area (Å²) in [4.78, 5) is 16.2. The molecule has 0 radical (unpaired) electrons. The Morgan fingerprint density at radius 1 is 1.40 bits per heavy atom. The molecular formula is C15H20N4O. The zero-order valence-corrected chi connectivity index (χ0v) is 12.0. The topological polar surface area (TPSA) is 48.5 Å². The van der Waals surface area contributed by atoms with Crippen LogP contribution in [-0.2, 0) is 4.79 Å². The van der Waals surface area contributed by atoms with Crippen molar-refractivity contribution in [1.29, 1.82) is 0 Å². The van der Waals surface area contributed by atoms with Gasteiger partial charge in [-0.3, -0.25) is 9.80 Å². The van der Waals surface area contributed by atoms with E-state index in [-0.39, 0.29) is 5.91 Å². The van der Waals surface area contributed by atoms with Crippen LogP contribution in [0.15, 0.2) is 23.9 Å². The summed E-state index contributed by atoms with van der Waals surface area (Å²) in [7, 11) is 0. The lowest BCUT2D eigenvalue weighted by molar-refractivity contribution is -0.120. The minimum atomic E-state index is 0.121. The second-order valence-corrected chi connectivity index (χ2v) is 5.11. The van der Waals surface area contributed by atoms with E-state index in [2.05, 4.69) is 40.2 Å². The molecule has 0 unspecified atom stereocenters. The average Bonchev–Trinajstić information content (AvgIpc) is 2.48. The summed E-state index contributed by atoms with van der Waals surface area (Å²) in [5, 5.41) is 7.42. The number of aromatic nitrogens is 1. The highest BCUT2D eigenvalue weighted by Crippen LogP contribution is 2.36. The molecule has 106 valence electrons. The third kappa shape index (κ3) is 2.08. The van der Waals surface area contributed by atoms with Crippen molar-refractivity contribution in [3.05, 3.63) is 29.5 Å². The van der Waals surface area contributed by atoms with E-state index >= 15 is 0 Å². The van der Waals surface area contributed by atoms with E-state index in [0.29, 0.717) is 13.0 Å². The van der Waals surface area contributed by atoms with Gasteiger partial charge in [0.25, 0.3) is 0 Å². The maximum Gasteiger partial charge on any atom is 0.224 e. The van der Waals surface area contributed by atoms with Crippen LogP contribution in [0.1, 0.15) is 25.8 Å². The van der Waals surface area contributed by atoms with Gasteiger partial charge in [0.05, 0.1) is 13.0 Å². The summed E-state index contributed by atoms with van der Waals surface area (Å²) < 4.78 is 0. The molecule has 3 heterocycles. The fraction of sp³-hybridized carbons (Fsp3) is 0.467. The van der Waals surface area contributed by atoms with Gasteiger partial charge >= 0.3 is 0 Å². The third-order valence-electron chi connectivity index (χ3n) is 4.03. The molecule has 1 N–H and O–H groups in total. The largest absolute Gasteiger partial charge is 0.352 e. The molecule has 0 aliphatic carbocycles. The fourth-order valence-electron chi connectivity index (χ4n) is 3.00. The zero-order valence-electron chi connectivity index (χ0n) is 12.0. The van der Waals surface area contributed by atoms with Crippen LogP contribution >= 0.6 is 0 Å². The molecule has 0 atom stereocenters. The van der Waals surface area contributed by atoms with Crippen LogP contribution in [0.25, 0.3) is 5.57 Å². The van der Waals surface area contributed by atoms with Crippen molar-refractivity contribution >= 4 is 17.3 Å². The SMILES string of the molecule is CCN(CC)N1CC2=C(CNC(=O)C2)c2cccnc21. The molecule has 1 aromatic heterocycles. The minimum Gasteiger partial charge on any atom is -0.352 e. The molecule has 3 rings (SSSR count). The van der Waals surface area contributed by atoms with Gasteiger partial charge in [0.2, 0.25) is 5.91 Å². The summed E-state index contributed by atoms with van der Waals surface area (Å²) in [5.41, 5.74) is 3.62. The van der Waals surface area contributed by atoms with E-state index in [1.165, 1.54) is 11.1 Å². The molecule has 0 bridgehead atoms. The van der Waals surface area contributed by atoms with E-state index in [9.17, 15) is 4.79 Å². The van der Waals surface area contributed by atoms with Gasteiger partial charge in [0, 0.05) is 31.4 Å². The number of carbonyl (C=O) groups excluding carboxylic acids is 1. The first kappa shape index (κ1) is 13.1. The Morgan fingerprint density at radius 2 is 2.20 bits per heavy atom. The van der Waals surface area contributed by atoms with Gasteiger partial charge in [-0.05, 0) is 23.3 Å². The molecule has 1 aromatic rings. The van der Waals surface area contributed by atoms with Crippen molar-refractivity contribution in [2.24, 2.45) is 0 Å². The van der Waals surface area contributed by atoms with Gasteiger partial charge in [0.1, 0.15) is 0 Å². The van der Waals surface area contributed by atoms with Gasteiger partial charge in [-0.15, -0.1) is 0 Å². The van der Waals surface area contributed by atoms with Crippen molar-refractivity contribution < 1.29 is 4.79 Å². The monoisotopic (exact) mass is 272 g/mol. The third-order valence-corrected chi connectivity index (χ3v) is 4.03. The quantitative estimate of drug-likeness (QED) is 0.904. The summed E-state index contributed by atoms with van der Waals surface area (Å²) in [6, 6.07) is 4.07. The Bertz CT molecular complexity index is 563. The van der Waals surface area contributed by atoms with Crippen molar-refractivity contribution in [3.63, 3.8) is 0 Å². The van der Waals surface area contributed by atoms with Crippen molar-refractivity contribution in [2.45, 2.75) is 20.3 Å². The predicted octanol–water partition coefficient (Wildman–Crippen LogP) is 1.43. The summed E-state index contributed by atoms with van der Waals surface area (Å²) >= 11 is 0. The number of amides is 1. The van der Waals surface area contributed by atoms with E-state index < -0.39 is 0 Å². The van der Waals surface area contributed by atoms with E-state index in [1.54, 1.807) is 0 Å². The van der Waals surface area contributed by atoms with Crippen LogP contribution in [-0.4, -0.2) is 42.1 Å². The highest BCUT2D eigenvalue weighted by atomic mass is 16.1. The number of hydrazine groups is 1. The molecular weight excluding hydrogens is 252 g/mol. The van der Waals surface area contributed by atoms with Gasteiger partial charge in [-0.1, -0.05) is 13.8 Å². The fourth-order valence-corrected chi connectivity index (χ4v) is 3.00. The van der Waals surface area contributed by atoms with Crippen LogP contribution in [0.5, 0.6) is 0 Å². The van der Waals surface area contributed by atoms with Crippen LogP contribution in [0.3, 0.4) is 0 Å². The molecule has 0 saturated heterocycles. The molecule has 1 amide bonds. The Kier molecular flexibility index (Phi) is 3.44. The molecule has 0 fully saturated rings. The maximum atomic E-state index is 11.7.